The highest BCUT2D eigenvalue weighted by Gasteiger charge is 2.45. The fraction of sp³-hybridized carbons (Fsp3) is 0.529. The van der Waals surface area contributed by atoms with Crippen LogP contribution in [0.4, 0.5) is 0 Å². The molecule has 1 saturated carbocycles. The number of ketones is 1. The van der Waals surface area contributed by atoms with Gasteiger partial charge in [0.05, 0.1) is 0 Å². The molecule has 1 atom stereocenters. The highest BCUT2D eigenvalue weighted by molar-refractivity contribution is 6.31. The quantitative estimate of drug-likeness (QED) is 0.870. The lowest BCUT2D eigenvalue weighted by Crippen LogP contribution is -2.52. The molecule has 0 spiro atoms. The van der Waals surface area contributed by atoms with E-state index in [1.54, 1.807) is 0 Å². The van der Waals surface area contributed by atoms with E-state index in [1.807, 2.05) is 36.2 Å². The first-order chi connectivity index (χ1) is 10.5. The van der Waals surface area contributed by atoms with Gasteiger partial charge in [0.1, 0.15) is 5.54 Å². The second kappa shape index (κ2) is 7.25. The third-order valence-corrected chi connectivity index (χ3v) is 4.84. The molecule has 0 aliphatic heterocycles. The standard InChI is InChI=1S/C17H22ClNO3/c1-19(12-6-10-16(21)22)17(11-5-4-9-15(17)20)13-7-2-3-8-14(13)18/h2-3,7-8H,4-6,9-12H2,1H3,(H,21,22). The van der Waals surface area contributed by atoms with E-state index in [0.29, 0.717) is 24.4 Å². The van der Waals surface area contributed by atoms with Crippen molar-refractivity contribution >= 4 is 23.4 Å². The van der Waals surface area contributed by atoms with Crippen LogP contribution in [0, 0.1) is 0 Å². The Morgan fingerprint density at radius 3 is 2.73 bits per heavy atom. The van der Waals surface area contributed by atoms with Crippen LogP contribution in [0.3, 0.4) is 0 Å². The molecule has 1 aliphatic rings. The van der Waals surface area contributed by atoms with Crippen LogP contribution in [0.15, 0.2) is 24.3 Å². The number of hydrogen-bond donors (Lipinski definition) is 1. The summed E-state index contributed by atoms with van der Waals surface area (Å²) in [4.78, 5) is 25.5. The summed E-state index contributed by atoms with van der Waals surface area (Å²) >= 11 is 6.37. The summed E-state index contributed by atoms with van der Waals surface area (Å²) < 4.78 is 0. The smallest absolute Gasteiger partial charge is 0.303 e. The van der Waals surface area contributed by atoms with Crippen molar-refractivity contribution in [3.8, 4) is 0 Å². The average molecular weight is 324 g/mol. The molecule has 4 nitrogen and oxygen atoms in total. The van der Waals surface area contributed by atoms with Crippen molar-refractivity contribution in [1.29, 1.82) is 0 Å². The van der Waals surface area contributed by atoms with Gasteiger partial charge in [0.25, 0.3) is 0 Å². The summed E-state index contributed by atoms with van der Waals surface area (Å²) in [6.45, 7) is 0.559. The monoisotopic (exact) mass is 323 g/mol. The van der Waals surface area contributed by atoms with E-state index < -0.39 is 11.5 Å². The minimum atomic E-state index is -0.810. The van der Waals surface area contributed by atoms with Gasteiger partial charge in [0.15, 0.2) is 5.78 Å². The van der Waals surface area contributed by atoms with Crippen LogP contribution in [-0.4, -0.2) is 35.4 Å². The van der Waals surface area contributed by atoms with Crippen LogP contribution in [0.5, 0.6) is 0 Å². The number of carbonyl (C=O) groups excluding carboxylic acids is 1. The molecular weight excluding hydrogens is 302 g/mol. The summed E-state index contributed by atoms with van der Waals surface area (Å²) in [6, 6.07) is 7.48. The Balaban J connectivity index is 2.32. The SMILES string of the molecule is CN(CCCC(=O)O)C1(c2ccccc2Cl)CCCCC1=O. The lowest BCUT2D eigenvalue weighted by molar-refractivity contribution is -0.137. The topological polar surface area (TPSA) is 57.6 Å². The number of halogens is 1. The minimum absolute atomic E-state index is 0.108. The number of hydrogen-bond acceptors (Lipinski definition) is 3. The maximum absolute atomic E-state index is 12.8. The van der Waals surface area contributed by atoms with E-state index in [-0.39, 0.29) is 12.2 Å². The van der Waals surface area contributed by atoms with E-state index >= 15 is 0 Å². The first-order valence-corrected chi connectivity index (χ1v) is 8.07. The number of carbonyl (C=O) groups is 2. The van der Waals surface area contributed by atoms with Gasteiger partial charge < -0.3 is 5.11 Å². The average Bonchev–Trinajstić information content (AvgIpc) is 2.48. The van der Waals surface area contributed by atoms with Gasteiger partial charge in [-0.05, 0) is 44.5 Å². The molecule has 1 unspecified atom stereocenters. The number of aliphatic carboxylic acids is 1. The number of likely N-dealkylation sites (N-methyl/N-ethyl adjacent to an activating group) is 1. The van der Waals surface area contributed by atoms with E-state index in [0.717, 1.165) is 24.8 Å². The van der Waals surface area contributed by atoms with Gasteiger partial charge >= 0.3 is 5.97 Å². The number of carboxylic acid groups (broad SMARTS) is 1. The van der Waals surface area contributed by atoms with E-state index in [2.05, 4.69) is 0 Å². The summed E-state index contributed by atoms with van der Waals surface area (Å²) in [7, 11) is 1.90. The fourth-order valence-electron chi connectivity index (χ4n) is 3.36. The van der Waals surface area contributed by atoms with Gasteiger partial charge in [-0.1, -0.05) is 36.2 Å². The fourth-order valence-corrected chi connectivity index (χ4v) is 3.65. The Morgan fingerprint density at radius 1 is 1.36 bits per heavy atom. The van der Waals surface area contributed by atoms with Gasteiger partial charge in [-0.15, -0.1) is 0 Å². The Labute approximate surface area is 136 Å². The van der Waals surface area contributed by atoms with Crippen LogP contribution in [-0.2, 0) is 15.1 Å². The van der Waals surface area contributed by atoms with Gasteiger partial charge in [-0.25, -0.2) is 0 Å². The molecule has 1 N–H and O–H groups in total. The van der Waals surface area contributed by atoms with Gasteiger partial charge in [-0.2, -0.15) is 0 Å². The van der Waals surface area contributed by atoms with Crippen molar-refractivity contribution in [3.63, 3.8) is 0 Å². The predicted molar refractivity (Wildman–Crippen MR) is 86.1 cm³/mol. The van der Waals surface area contributed by atoms with Crippen molar-refractivity contribution in [2.24, 2.45) is 0 Å². The number of Topliss-reactive ketones (excluding diaryl/α,β-unsaturated/α-hetero) is 1. The molecule has 120 valence electrons. The van der Waals surface area contributed by atoms with Crippen LogP contribution < -0.4 is 0 Å². The zero-order valence-corrected chi connectivity index (χ0v) is 13.6. The second-order valence-electron chi connectivity index (χ2n) is 5.89. The van der Waals surface area contributed by atoms with Crippen LogP contribution in [0.2, 0.25) is 5.02 Å². The van der Waals surface area contributed by atoms with E-state index in [9.17, 15) is 9.59 Å². The van der Waals surface area contributed by atoms with Crippen molar-refractivity contribution in [1.82, 2.24) is 4.90 Å². The molecule has 0 saturated heterocycles. The largest absolute Gasteiger partial charge is 0.481 e. The summed E-state index contributed by atoms with van der Waals surface area (Å²) in [5, 5.41) is 9.41. The maximum Gasteiger partial charge on any atom is 0.303 e. The highest BCUT2D eigenvalue weighted by atomic mass is 35.5. The number of benzene rings is 1. The van der Waals surface area contributed by atoms with E-state index in [1.165, 1.54) is 0 Å². The summed E-state index contributed by atoms with van der Waals surface area (Å²) in [5.41, 5.74) is 0.133. The molecule has 0 amide bonds. The molecule has 0 aromatic heterocycles. The first kappa shape index (κ1) is 17.0. The molecule has 22 heavy (non-hydrogen) atoms. The zero-order chi connectivity index (χ0) is 16.2. The predicted octanol–water partition coefficient (Wildman–Crippen LogP) is 3.48. The molecule has 0 heterocycles. The van der Waals surface area contributed by atoms with Crippen LogP contribution in [0.25, 0.3) is 0 Å². The van der Waals surface area contributed by atoms with Crippen molar-refractivity contribution in [2.75, 3.05) is 13.6 Å². The zero-order valence-electron chi connectivity index (χ0n) is 12.8. The molecule has 1 aromatic carbocycles. The lowest BCUT2D eigenvalue weighted by Gasteiger charge is -2.44. The number of nitrogens with zero attached hydrogens (tertiary/aromatic N) is 1. The maximum atomic E-state index is 12.8. The second-order valence-corrected chi connectivity index (χ2v) is 6.30. The summed E-state index contributed by atoms with van der Waals surface area (Å²) in [6.07, 6.45) is 3.80. The summed E-state index contributed by atoms with van der Waals surface area (Å²) in [5.74, 6) is -0.625. The van der Waals surface area contributed by atoms with Gasteiger partial charge in [-0.3, -0.25) is 14.5 Å². The van der Waals surface area contributed by atoms with Crippen molar-refractivity contribution in [2.45, 2.75) is 44.1 Å². The molecule has 1 aromatic rings. The Bertz CT molecular complexity index is 561. The molecule has 0 radical (unpaired) electrons. The molecule has 5 heteroatoms. The minimum Gasteiger partial charge on any atom is -0.481 e. The van der Waals surface area contributed by atoms with Crippen molar-refractivity contribution in [3.05, 3.63) is 34.9 Å². The van der Waals surface area contributed by atoms with Crippen LogP contribution in [0.1, 0.15) is 44.1 Å². The molecular formula is C17H22ClNO3. The highest BCUT2D eigenvalue weighted by Crippen LogP contribution is 2.42. The number of carboxylic acids is 1. The number of rotatable bonds is 6. The molecule has 1 aliphatic carbocycles. The molecule has 0 bridgehead atoms. The Kier molecular flexibility index (Phi) is 5.59. The van der Waals surface area contributed by atoms with Crippen molar-refractivity contribution < 1.29 is 14.7 Å². The molecule has 2 rings (SSSR count). The van der Waals surface area contributed by atoms with Crippen LogP contribution >= 0.6 is 11.6 Å². The first-order valence-electron chi connectivity index (χ1n) is 7.70. The Morgan fingerprint density at radius 2 is 2.09 bits per heavy atom. The lowest BCUT2D eigenvalue weighted by atomic mass is 9.74. The van der Waals surface area contributed by atoms with Gasteiger partial charge in [0.2, 0.25) is 0 Å². The molecule has 1 fully saturated rings. The van der Waals surface area contributed by atoms with E-state index in [4.69, 9.17) is 16.7 Å². The van der Waals surface area contributed by atoms with Gasteiger partial charge in [0, 0.05) is 17.9 Å². The third kappa shape index (κ3) is 3.33. The normalized spacial score (nSPS) is 22.0. The third-order valence-electron chi connectivity index (χ3n) is 4.51. The Hall–Kier alpha value is -1.39.